The van der Waals surface area contributed by atoms with Gasteiger partial charge in [-0.2, -0.15) is 0 Å². The van der Waals surface area contributed by atoms with Crippen LogP contribution in [-0.4, -0.2) is 19.3 Å². The maximum Gasteiger partial charge on any atom is 0.0490 e. The van der Waals surface area contributed by atoms with Crippen LogP contribution in [0.25, 0.3) is 0 Å². The fraction of sp³-hybridized carbons (Fsp3) is 1.00. The third-order valence-corrected chi connectivity index (χ3v) is 6.57. The molecule has 2 nitrogen and oxygen atoms in total. The van der Waals surface area contributed by atoms with Crippen LogP contribution in [0.2, 0.25) is 0 Å². The lowest BCUT2D eigenvalue weighted by Crippen LogP contribution is -2.63. The minimum absolute atomic E-state index is 0.294. The van der Waals surface area contributed by atoms with Crippen molar-refractivity contribution in [1.82, 2.24) is 0 Å². The van der Waals surface area contributed by atoms with Crippen LogP contribution in [0.3, 0.4) is 0 Å². The van der Waals surface area contributed by atoms with Gasteiger partial charge in [-0.05, 0) is 61.2 Å². The molecule has 0 aromatic rings. The van der Waals surface area contributed by atoms with Crippen LogP contribution in [0.15, 0.2) is 0 Å². The molecule has 0 amide bonds. The van der Waals surface area contributed by atoms with Gasteiger partial charge in [-0.1, -0.05) is 6.42 Å². The third kappa shape index (κ3) is 0.830. The minimum Gasteiger partial charge on any atom is -0.384 e. The fourth-order valence-corrected chi connectivity index (χ4v) is 6.16. The number of hydrogen-bond acceptors (Lipinski definition) is 2. The van der Waals surface area contributed by atoms with Crippen LogP contribution in [-0.2, 0) is 4.74 Å². The van der Waals surface area contributed by atoms with Crippen molar-refractivity contribution in [2.45, 2.75) is 44.1 Å². The van der Waals surface area contributed by atoms with Gasteiger partial charge >= 0.3 is 0 Å². The Morgan fingerprint density at radius 3 is 2.75 bits per heavy atom. The van der Waals surface area contributed by atoms with Gasteiger partial charge in [0, 0.05) is 19.3 Å². The first-order chi connectivity index (χ1) is 7.74. The van der Waals surface area contributed by atoms with E-state index in [1.165, 1.54) is 38.5 Å². The zero-order chi connectivity index (χ0) is 11.0. The van der Waals surface area contributed by atoms with E-state index in [1.807, 2.05) is 7.11 Å². The summed E-state index contributed by atoms with van der Waals surface area (Å²) in [6.45, 7) is 0.958. The Labute approximate surface area is 97.9 Å². The van der Waals surface area contributed by atoms with Gasteiger partial charge in [0.25, 0.3) is 0 Å². The summed E-state index contributed by atoms with van der Waals surface area (Å²) in [5.41, 5.74) is 7.56. The summed E-state index contributed by atoms with van der Waals surface area (Å²) in [6.07, 6.45) is 8.46. The molecule has 2 N–H and O–H groups in total. The molecule has 4 saturated carbocycles. The summed E-state index contributed by atoms with van der Waals surface area (Å²) in [5.74, 6) is 3.65. The Balaban J connectivity index is 1.59. The van der Waals surface area contributed by atoms with Gasteiger partial charge in [0.1, 0.15) is 0 Å². The topological polar surface area (TPSA) is 35.2 Å². The van der Waals surface area contributed by atoms with Gasteiger partial charge in [0.15, 0.2) is 0 Å². The van der Waals surface area contributed by atoms with Crippen LogP contribution in [0.1, 0.15) is 38.5 Å². The maximum atomic E-state index is 6.71. The molecular weight excluding hydrogens is 198 g/mol. The van der Waals surface area contributed by atoms with Gasteiger partial charge in [-0.15, -0.1) is 0 Å². The highest BCUT2D eigenvalue weighted by molar-refractivity contribution is 5.40. The number of nitrogens with two attached hydrogens (primary N) is 1. The second-order valence-electron chi connectivity index (χ2n) is 6.82. The molecule has 4 fully saturated rings. The summed E-state index contributed by atoms with van der Waals surface area (Å²) in [5, 5.41) is 0. The average Bonchev–Trinajstić information content (AvgIpc) is 2.68. The highest BCUT2D eigenvalue weighted by Gasteiger charge is 2.87. The second kappa shape index (κ2) is 2.84. The summed E-state index contributed by atoms with van der Waals surface area (Å²) in [6, 6.07) is 0. The standard InChI is InChI=1S/C14H23NO/c1-16-8-9-3-2-6-13(7-9)10-4-5-11-12(10)14(11,13)15/h9-12H,2-8,15H2,1H3/t9-,10?,11?,12?,13-,14-/m1/s1. The Morgan fingerprint density at radius 1 is 1.25 bits per heavy atom. The van der Waals surface area contributed by atoms with E-state index in [-0.39, 0.29) is 0 Å². The normalized spacial score (nSPS) is 61.9. The average molecular weight is 221 g/mol. The summed E-state index contributed by atoms with van der Waals surface area (Å²) < 4.78 is 5.36. The quantitative estimate of drug-likeness (QED) is 0.775. The molecule has 16 heavy (non-hydrogen) atoms. The van der Waals surface area contributed by atoms with E-state index in [9.17, 15) is 0 Å². The van der Waals surface area contributed by atoms with E-state index in [4.69, 9.17) is 10.5 Å². The maximum absolute atomic E-state index is 6.71. The molecule has 6 atom stereocenters. The smallest absolute Gasteiger partial charge is 0.0490 e. The molecule has 2 heteroatoms. The van der Waals surface area contributed by atoms with Crippen molar-refractivity contribution >= 4 is 0 Å². The number of methoxy groups -OCH3 is 1. The van der Waals surface area contributed by atoms with Crippen molar-refractivity contribution < 1.29 is 4.74 Å². The van der Waals surface area contributed by atoms with E-state index in [0.717, 1.165) is 30.3 Å². The fourth-order valence-electron chi connectivity index (χ4n) is 6.16. The number of rotatable bonds is 2. The lowest BCUT2D eigenvalue weighted by Gasteiger charge is -2.59. The third-order valence-electron chi connectivity index (χ3n) is 6.57. The van der Waals surface area contributed by atoms with Crippen molar-refractivity contribution in [3.8, 4) is 0 Å². The largest absolute Gasteiger partial charge is 0.384 e. The van der Waals surface area contributed by atoms with Crippen molar-refractivity contribution in [2.75, 3.05) is 13.7 Å². The highest BCUT2D eigenvalue weighted by atomic mass is 16.5. The van der Waals surface area contributed by atoms with Crippen LogP contribution >= 0.6 is 0 Å². The molecule has 4 aliphatic rings. The summed E-state index contributed by atoms with van der Waals surface area (Å²) in [4.78, 5) is 0. The van der Waals surface area contributed by atoms with E-state index in [2.05, 4.69) is 0 Å². The number of hydrogen-bond donors (Lipinski definition) is 1. The lowest BCUT2D eigenvalue weighted by molar-refractivity contribution is -0.0808. The Hall–Kier alpha value is -0.0800. The monoisotopic (exact) mass is 221 g/mol. The highest BCUT2D eigenvalue weighted by Crippen LogP contribution is 2.85. The molecule has 0 radical (unpaired) electrons. The molecule has 1 spiro atoms. The van der Waals surface area contributed by atoms with Gasteiger partial charge in [-0.25, -0.2) is 0 Å². The van der Waals surface area contributed by atoms with Crippen molar-refractivity contribution in [2.24, 2.45) is 34.8 Å². The summed E-state index contributed by atoms with van der Waals surface area (Å²) >= 11 is 0. The van der Waals surface area contributed by atoms with Crippen LogP contribution in [0.4, 0.5) is 0 Å². The SMILES string of the molecule is COC[C@@H]1CCC[C@@]2(C1)C1CCC3C1[C@]32N. The number of ether oxygens (including phenoxy) is 1. The molecule has 90 valence electrons. The van der Waals surface area contributed by atoms with Crippen LogP contribution < -0.4 is 5.73 Å². The first kappa shape index (κ1) is 9.90. The second-order valence-corrected chi connectivity index (χ2v) is 6.82. The molecular formula is C14H23NO. The van der Waals surface area contributed by atoms with Crippen LogP contribution in [0.5, 0.6) is 0 Å². The van der Waals surface area contributed by atoms with Gasteiger partial charge < -0.3 is 10.5 Å². The molecule has 0 heterocycles. The van der Waals surface area contributed by atoms with Crippen LogP contribution in [0, 0.1) is 29.1 Å². The molecule has 4 rings (SSSR count). The predicted molar refractivity (Wildman–Crippen MR) is 62.9 cm³/mol. The molecule has 0 saturated heterocycles. The Morgan fingerprint density at radius 2 is 2.06 bits per heavy atom. The van der Waals surface area contributed by atoms with E-state index in [1.54, 1.807) is 0 Å². The zero-order valence-corrected chi connectivity index (χ0v) is 10.2. The van der Waals surface area contributed by atoms with E-state index < -0.39 is 0 Å². The first-order valence-corrected chi connectivity index (χ1v) is 7.02. The Kier molecular flexibility index (Phi) is 1.76. The predicted octanol–water partition coefficient (Wildman–Crippen LogP) is 2.18. The molecule has 3 unspecified atom stereocenters. The molecule has 0 aromatic heterocycles. The Bertz CT molecular complexity index is 323. The lowest BCUT2D eigenvalue weighted by atomic mass is 9.48. The van der Waals surface area contributed by atoms with Crippen molar-refractivity contribution in [3.05, 3.63) is 0 Å². The van der Waals surface area contributed by atoms with Gasteiger partial charge in [-0.3, -0.25) is 0 Å². The van der Waals surface area contributed by atoms with Crippen molar-refractivity contribution in [1.29, 1.82) is 0 Å². The molecule has 0 aromatic carbocycles. The van der Waals surface area contributed by atoms with Gasteiger partial charge in [0.2, 0.25) is 0 Å². The number of fused-ring (bicyclic) bond motifs is 3. The van der Waals surface area contributed by atoms with E-state index >= 15 is 0 Å². The van der Waals surface area contributed by atoms with E-state index in [0.29, 0.717) is 11.0 Å². The molecule has 0 aliphatic heterocycles. The first-order valence-electron chi connectivity index (χ1n) is 7.02. The van der Waals surface area contributed by atoms with Crippen molar-refractivity contribution in [3.63, 3.8) is 0 Å². The zero-order valence-electron chi connectivity index (χ0n) is 10.2. The minimum atomic E-state index is 0.294. The summed E-state index contributed by atoms with van der Waals surface area (Å²) in [7, 11) is 1.84. The van der Waals surface area contributed by atoms with Gasteiger partial charge in [0.05, 0.1) is 0 Å². The molecule has 4 aliphatic carbocycles. The molecule has 0 bridgehead atoms.